The molecular formula is C13H17N5O3. The van der Waals surface area contributed by atoms with Crippen LogP contribution in [0.5, 0.6) is 0 Å². The molecule has 0 spiro atoms. The summed E-state index contributed by atoms with van der Waals surface area (Å²) in [5.41, 5.74) is 1.46. The third kappa shape index (κ3) is 4.44. The Kier molecular flexibility index (Phi) is 5.08. The summed E-state index contributed by atoms with van der Waals surface area (Å²) in [5.74, 6) is 0.525. The molecular weight excluding hydrogens is 274 g/mol. The lowest BCUT2D eigenvalue weighted by molar-refractivity contribution is -0.384. The van der Waals surface area contributed by atoms with E-state index < -0.39 is 4.92 Å². The van der Waals surface area contributed by atoms with E-state index in [1.165, 1.54) is 18.5 Å². The van der Waals surface area contributed by atoms with Gasteiger partial charge in [-0.3, -0.25) is 10.1 Å². The number of aromatic nitrogens is 2. The molecule has 0 saturated heterocycles. The van der Waals surface area contributed by atoms with Crippen LogP contribution in [0.2, 0.25) is 0 Å². The molecule has 112 valence electrons. The first kappa shape index (κ1) is 14.8. The number of nitro groups is 1. The summed E-state index contributed by atoms with van der Waals surface area (Å²) in [7, 11) is 0. The molecule has 0 aliphatic carbocycles. The van der Waals surface area contributed by atoms with Crippen LogP contribution in [0.15, 0.2) is 29.0 Å². The van der Waals surface area contributed by atoms with Crippen molar-refractivity contribution in [2.45, 2.75) is 19.8 Å². The number of nitrogens with zero attached hydrogens (tertiary/aromatic N) is 3. The van der Waals surface area contributed by atoms with Crippen molar-refractivity contribution >= 4 is 17.1 Å². The number of benzene rings is 1. The van der Waals surface area contributed by atoms with Crippen LogP contribution < -0.4 is 10.6 Å². The molecule has 21 heavy (non-hydrogen) atoms. The first-order valence-electron chi connectivity index (χ1n) is 6.72. The van der Waals surface area contributed by atoms with Gasteiger partial charge in [-0.1, -0.05) is 12.1 Å². The molecule has 2 rings (SSSR count). The fourth-order valence-corrected chi connectivity index (χ4v) is 1.81. The molecule has 8 heteroatoms. The fourth-order valence-electron chi connectivity index (χ4n) is 1.81. The molecule has 0 amide bonds. The highest BCUT2D eigenvalue weighted by Gasteiger charge is 2.09. The monoisotopic (exact) mass is 291 g/mol. The quantitative estimate of drug-likeness (QED) is 0.568. The molecule has 0 aliphatic heterocycles. The molecule has 0 aliphatic rings. The van der Waals surface area contributed by atoms with E-state index in [-0.39, 0.29) is 5.69 Å². The predicted octanol–water partition coefficient (Wildman–Crippen LogP) is 2.45. The molecule has 0 saturated carbocycles. The van der Waals surface area contributed by atoms with Gasteiger partial charge in [-0.25, -0.2) is 0 Å². The molecule has 8 nitrogen and oxygen atoms in total. The number of nitro benzene ring substituents is 1. The minimum Gasteiger partial charge on any atom is -0.385 e. The topological polar surface area (TPSA) is 106 Å². The van der Waals surface area contributed by atoms with Crippen molar-refractivity contribution < 1.29 is 9.45 Å². The van der Waals surface area contributed by atoms with Crippen LogP contribution in [0.1, 0.15) is 19.2 Å². The highest BCUT2D eigenvalue weighted by atomic mass is 16.6. The van der Waals surface area contributed by atoms with Crippen molar-refractivity contribution in [2.75, 3.05) is 23.7 Å². The lowest BCUT2D eigenvalue weighted by atomic mass is 10.2. The van der Waals surface area contributed by atoms with Crippen LogP contribution in [-0.2, 0) is 6.42 Å². The average molecular weight is 291 g/mol. The summed E-state index contributed by atoms with van der Waals surface area (Å²) < 4.78 is 4.89. The van der Waals surface area contributed by atoms with Gasteiger partial charge < -0.3 is 15.2 Å². The van der Waals surface area contributed by atoms with Crippen LogP contribution in [0.3, 0.4) is 0 Å². The second-order valence-electron chi connectivity index (χ2n) is 4.46. The van der Waals surface area contributed by atoms with Crippen molar-refractivity contribution in [1.82, 2.24) is 10.1 Å². The highest BCUT2D eigenvalue weighted by molar-refractivity contribution is 5.63. The zero-order valence-electron chi connectivity index (χ0n) is 11.7. The third-order valence-corrected chi connectivity index (χ3v) is 2.78. The van der Waals surface area contributed by atoms with Gasteiger partial charge in [0.25, 0.3) is 5.69 Å². The summed E-state index contributed by atoms with van der Waals surface area (Å²) in [6.07, 6.45) is 2.85. The minimum atomic E-state index is -0.402. The minimum absolute atomic E-state index is 0.0522. The summed E-state index contributed by atoms with van der Waals surface area (Å²) in [4.78, 5) is 14.5. The summed E-state index contributed by atoms with van der Waals surface area (Å²) in [6, 6.07) is 4.88. The first-order chi connectivity index (χ1) is 10.2. The molecule has 0 bridgehead atoms. The molecule has 0 atom stereocenters. The van der Waals surface area contributed by atoms with Gasteiger partial charge in [0.1, 0.15) is 0 Å². The van der Waals surface area contributed by atoms with Crippen molar-refractivity contribution in [3.05, 3.63) is 40.5 Å². The van der Waals surface area contributed by atoms with Crippen molar-refractivity contribution in [1.29, 1.82) is 0 Å². The molecule has 1 heterocycles. The van der Waals surface area contributed by atoms with Gasteiger partial charge in [-0.05, 0) is 12.5 Å². The van der Waals surface area contributed by atoms with Gasteiger partial charge in [0, 0.05) is 43.0 Å². The Balaban J connectivity index is 2.02. The second-order valence-corrected chi connectivity index (χ2v) is 4.46. The lowest BCUT2D eigenvalue weighted by Gasteiger charge is -2.09. The smallest absolute Gasteiger partial charge is 0.273 e. The average Bonchev–Trinajstić information content (AvgIpc) is 2.98. The first-order valence-corrected chi connectivity index (χ1v) is 6.72. The number of nitrogens with one attached hydrogen (secondary N) is 2. The maximum atomic E-state index is 11.0. The summed E-state index contributed by atoms with van der Waals surface area (Å²) in [5, 5.41) is 20.7. The molecule has 2 N–H and O–H groups in total. The van der Waals surface area contributed by atoms with Gasteiger partial charge in [-0.15, -0.1) is 0 Å². The molecule has 1 aromatic heterocycles. The Hall–Kier alpha value is -2.64. The van der Waals surface area contributed by atoms with E-state index in [2.05, 4.69) is 20.8 Å². The van der Waals surface area contributed by atoms with E-state index in [1.807, 2.05) is 13.0 Å². The van der Waals surface area contributed by atoms with Gasteiger partial charge in [0.2, 0.25) is 5.89 Å². The second kappa shape index (κ2) is 7.22. The van der Waals surface area contributed by atoms with Gasteiger partial charge in [0.15, 0.2) is 6.33 Å². The van der Waals surface area contributed by atoms with Crippen LogP contribution in [-0.4, -0.2) is 28.2 Å². The summed E-state index contributed by atoms with van der Waals surface area (Å²) >= 11 is 0. The van der Waals surface area contributed by atoms with Crippen LogP contribution in [0.25, 0.3) is 0 Å². The van der Waals surface area contributed by atoms with Crippen LogP contribution in [0, 0.1) is 10.1 Å². The SMILES string of the molecule is CCCNc1cc(NCCc2ncno2)cc([N+](=O)[O-])c1. The van der Waals surface area contributed by atoms with E-state index >= 15 is 0 Å². The van der Waals surface area contributed by atoms with E-state index in [1.54, 1.807) is 0 Å². The largest absolute Gasteiger partial charge is 0.385 e. The van der Waals surface area contributed by atoms with Crippen molar-refractivity contribution in [2.24, 2.45) is 0 Å². The zero-order valence-corrected chi connectivity index (χ0v) is 11.7. The Morgan fingerprint density at radius 2 is 1.95 bits per heavy atom. The normalized spacial score (nSPS) is 10.3. The Bertz CT molecular complexity index is 585. The third-order valence-electron chi connectivity index (χ3n) is 2.78. The predicted molar refractivity (Wildman–Crippen MR) is 78.4 cm³/mol. The van der Waals surface area contributed by atoms with Crippen LogP contribution >= 0.6 is 0 Å². The van der Waals surface area contributed by atoms with E-state index in [0.29, 0.717) is 24.5 Å². The number of rotatable bonds is 8. The molecule has 0 unspecified atom stereocenters. The molecule has 0 radical (unpaired) electrons. The standard InChI is InChI=1S/C13H17N5O3/c1-2-4-14-10-6-11(8-12(7-10)18(19)20)15-5-3-13-16-9-17-21-13/h6-9,14-15H,2-5H2,1H3. The zero-order chi connectivity index (χ0) is 15.1. The number of anilines is 2. The summed E-state index contributed by atoms with van der Waals surface area (Å²) in [6.45, 7) is 3.35. The Morgan fingerprint density at radius 1 is 1.24 bits per heavy atom. The van der Waals surface area contributed by atoms with E-state index in [0.717, 1.165) is 18.7 Å². The highest BCUT2D eigenvalue weighted by Crippen LogP contribution is 2.24. The van der Waals surface area contributed by atoms with E-state index in [9.17, 15) is 10.1 Å². The Labute approximate surface area is 121 Å². The van der Waals surface area contributed by atoms with Crippen molar-refractivity contribution in [3.63, 3.8) is 0 Å². The van der Waals surface area contributed by atoms with Crippen LogP contribution in [0.4, 0.5) is 17.1 Å². The molecule has 0 fully saturated rings. The van der Waals surface area contributed by atoms with Gasteiger partial charge >= 0.3 is 0 Å². The maximum absolute atomic E-state index is 11.0. The number of hydrogen-bond acceptors (Lipinski definition) is 7. The fraction of sp³-hybridized carbons (Fsp3) is 0.385. The van der Waals surface area contributed by atoms with E-state index in [4.69, 9.17) is 4.52 Å². The number of non-ortho nitro benzene ring substituents is 1. The lowest BCUT2D eigenvalue weighted by Crippen LogP contribution is -2.07. The van der Waals surface area contributed by atoms with Gasteiger partial charge in [-0.2, -0.15) is 4.98 Å². The molecule has 1 aromatic carbocycles. The maximum Gasteiger partial charge on any atom is 0.273 e. The molecule has 2 aromatic rings. The van der Waals surface area contributed by atoms with Crippen molar-refractivity contribution in [3.8, 4) is 0 Å². The van der Waals surface area contributed by atoms with Gasteiger partial charge in [0.05, 0.1) is 4.92 Å². The Morgan fingerprint density at radius 3 is 2.52 bits per heavy atom. The number of hydrogen-bond donors (Lipinski definition) is 2.